The average Bonchev–Trinajstić information content (AvgIpc) is 3.80. The standard InChI is InChI=1S/C25H22Cl2N4O2.C14H12Cl2N4OS.C11H14O2/c26-21-14-13-20(16-22(21)27)29-25-31-30-24(33-25)18-10-6-11-19(15-18)28-23(32)12-5-4-9-17-7-2-1-3-8-17;15-11-5-4-10(7-12(11)16)18-14(22)20-19-13(21)8-2-1-3-9(17)6-8;12-11(13)9-5-4-8-10-6-2-1-3-7-10/h1-3,6-8,10-11,13-16H,4-5,9,12H2,(H,28,32)(H,29,31);1-7H,17H2,(H,19,21)(H2,18,20,22);1-3,6-7H,4-5,8-9H2,(H,12,13). The molecule has 0 aliphatic carbocycles. The molecular weight excluding hydrogens is 966 g/mol. The quantitative estimate of drug-likeness (QED) is 0.0210. The first-order chi connectivity index (χ1) is 32.8. The molecule has 68 heavy (non-hydrogen) atoms. The summed E-state index contributed by atoms with van der Waals surface area (Å²) in [5.74, 6) is -0.747. The van der Waals surface area contributed by atoms with E-state index in [2.05, 4.69) is 61.3 Å². The average molecular weight is 1010 g/mol. The number of carbonyl (C=O) groups excluding carboxylic acids is 2. The van der Waals surface area contributed by atoms with Gasteiger partial charge in [0, 0.05) is 46.7 Å². The molecule has 0 spiro atoms. The summed E-state index contributed by atoms with van der Waals surface area (Å²) in [6.45, 7) is 0. The number of nitrogens with one attached hydrogen (secondary N) is 5. The van der Waals surface area contributed by atoms with Crippen LogP contribution in [0.25, 0.3) is 11.5 Å². The van der Waals surface area contributed by atoms with E-state index < -0.39 is 5.97 Å². The number of nitrogens with zero attached hydrogens (tertiary/aromatic N) is 2. The van der Waals surface area contributed by atoms with Crippen LogP contribution in [-0.2, 0) is 22.4 Å². The fourth-order valence-electron chi connectivity index (χ4n) is 6.15. The summed E-state index contributed by atoms with van der Waals surface area (Å²) >= 11 is 28.8. The summed E-state index contributed by atoms with van der Waals surface area (Å²) in [5.41, 5.74) is 16.9. The van der Waals surface area contributed by atoms with Crippen molar-refractivity contribution in [3.8, 4) is 11.5 Å². The van der Waals surface area contributed by atoms with Crippen LogP contribution in [0.1, 0.15) is 60.0 Å². The Morgan fingerprint density at radius 1 is 0.588 bits per heavy atom. The summed E-state index contributed by atoms with van der Waals surface area (Å²) in [7, 11) is 0. The zero-order chi connectivity index (χ0) is 48.7. The molecule has 0 saturated carbocycles. The Balaban J connectivity index is 0.000000212. The molecule has 1 aromatic heterocycles. The minimum Gasteiger partial charge on any atom is -0.481 e. The van der Waals surface area contributed by atoms with E-state index in [1.54, 1.807) is 66.7 Å². The lowest BCUT2D eigenvalue weighted by Gasteiger charge is -2.12. The van der Waals surface area contributed by atoms with E-state index in [-0.39, 0.29) is 29.4 Å². The Bertz CT molecular complexity index is 2750. The number of unbranched alkanes of at least 4 members (excludes halogenated alkanes) is 2. The predicted octanol–water partition coefficient (Wildman–Crippen LogP) is 12.8. The van der Waals surface area contributed by atoms with Crippen molar-refractivity contribution < 1.29 is 23.9 Å². The summed E-state index contributed by atoms with van der Waals surface area (Å²) in [4.78, 5) is 34.4. The summed E-state index contributed by atoms with van der Waals surface area (Å²) in [6, 6.07) is 44.6. The van der Waals surface area contributed by atoms with Crippen LogP contribution in [0.15, 0.2) is 150 Å². The Morgan fingerprint density at radius 2 is 1.18 bits per heavy atom. The number of carboxylic acid groups (broad SMARTS) is 1. The van der Waals surface area contributed by atoms with Crippen LogP contribution in [0.2, 0.25) is 20.1 Å². The molecule has 0 fully saturated rings. The van der Waals surface area contributed by atoms with E-state index >= 15 is 0 Å². The third kappa shape index (κ3) is 18.9. The number of rotatable bonds is 16. The van der Waals surface area contributed by atoms with Gasteiger partial charge >= 0.3 is 12.0 Å². The minimum atomic E-state index is -0.701. The monoisotopic (exact) mass is 1010 g/mol. The number of thiocarbonyl (C=S) groups is 1. The number of aryl methyl sites for hydroxylation is 2. The number of benzene rings is 6. The molecule has 2 amide bonds. The molecule has 13 nitrogen and oxygen atoms in total. The molecule has 0 aliphatic rings. The first kappa shape index (κ1) is 52.3. The van der Waals surface area contributed by atoms with Crippen molar-refractivity contribution in [2.45, 2.75) is 51.4 Å². The van der Waals surface area contributed by atoms with E-state index in [0.29, 0.717) is 66.3 Å². The molecule has 6 aromatic carbocycles. The van der Waals surface area contributed by atoms with Gasteiger partial charge in [0.15, 0.2) is 5.11 Å². The number of halogens is 4. The highest BCUT2D eigenvalue weighted by atomic mass is 35.5. The van der Waals surface area contributed by atoms with Crippen LogP contribution >= 0.6 is 58.6 Å². The number of nitrogen functional groups attached to an aromatic ring is 1. The van der Waals surface area contributed by atoms with Crippen LogP contribution in [0.4, 0.5) is 28.8 Å². The van der Waals surface area contributed by atoms with Crippen molar-refractivity contribution in [2.75, 3.05) is 21.7 Å². The highest BCUT2D eigenvalue weighted by Crippen LogP contribution is 2.29. The second-order valence-corrected chi connectivity index (χ2v) is 16.9. The van der Waals surface area contributed by atoms with Gasteiger partial charge in [-0.1, -0.05) is 124 Å². The van der Waals surface area contributed by atoms with Crippen LogP contribution in [-0.4, -0.2) is 38.2 Å². The number of amides is 2. The number of hydrogen-bond acceptors (Lipinski definition) is 9. The Labute approximate surface area is 419 Å². The second-order valence-electron chi connectivity index (χ2n) is 14.9. The van der Waals surface area contributed by atoms with Crippen molar-refractivity contribution >= 4 is 110 Å². The number of aromatic nitrogens is 2. The summed E-state index contributed by atoms with van der Waals surface area (Å²) < 4.78 is 5.70. The van der Waals surface area contributed by atoms with Crippen molar-refractivity contribution in [1.82, 2.24) is 21.0 Å². The molecule has 1 heterocycles. The minimum absolute atomic E-state index is 0.0206. The van der Waals surface area contributed by atoms with Gasteiger partial charge in [0.1, 0.15) is 0 Å². The molecule has 352 valence electrons. The number of carboxylic acids is 1. The van der Waals surface area contributed by atoms with Crippen LogP contribution in [0.5, 0.6) is 0 Å². The molecule has 0 aliphatic heterocycles. The largest absolute Gasteiger partial charge is 0.481 e. The fraction of sp³-hybridized carbons (Fsp3) is 0.160. The maximum atomic E-state index is 12.3. The van der Waals surface area contributed by atoms with Crippen LogP contribution in [0.3, 0.4) is 0 Å². The van der Waals surface area contributed by atoms with Crippen molar-refractivity contribution in [3.63, 3.8) is 0 Å². The fourth-order valence-corrected chi connectivity index (χ4v) is 6.92. The zero-order valence-corrected chi connectivity index (χ0v) is 40.3. The third-order valence-electron chi connectivity index (χ3n) is 9.52. The topological polar surface area (TPSA) is 197 Å². The number of nitrogens with two attached hydrogens (primary N) is 1. The second kappa shape index (κ2) is 27.8. The lowest BCUT2D eigenvalue weighted by molar-refractivity contribution is -0.137. The molecule has 0 unspecified atom stereocenters. The smallest absolute Gasteiger partial charge is 0.320 e. The summed E-state index contributed by atoms with van der Waals surface area (Å²) in [5, 5.41) is 27.2. The number of carbonyl (C=O) groups is 3. The molecule has 0 radical (unpaired) electrons. The van der Waals surface area contributed by atoms with E-state index in [4.69, 9.17) is 73.9 Å². The summed E-state index contributed by atoms with van der Waals surface area (Å²) in [6.07, 6.45) is 6.22. The normalized spacial score (nSPS) is 10.3. The van der Waals surface area contributed by atoms with Gasteiger partial charge in [-0.25, -0.2) is 0 Å². The first-order valence-electron chi connectivity index (χ1n) is 21.2. The number of hydrogen-bond donors (Lipinski definition) is 7. The lowest BCUT2D eigenvalue weighted by atomic mass is 10.1. The van der Waals surface area contributed by atoms with Gasteiger partial charge in [0.05, 0.1) is 20.1 Å². The van der Waals surface area contributed by atoms with E-state index in [1.165, 1.54) is 11.1 Å². The Kier molecular flexibility index (Phi) is 21.4. The number of aliphatic carboxylic acids is 1. The van der Waals surface area contributed by atoms with Gasteiger partial charge in [0.2, 0.25) is 11.8 Å². The Hall–Kier alpha value is -6.68. The van der Waals surface area contributed by atoms with Gasteiger partial charge in [-0.3, -0.25) is 25.2 Å². The Morgan fingerprint density at radius 3 is 1.79 bits per heavy atom. The zero-order valence-electron chi connectivity index (χ0n) is 36.5. The molecule has 0 saturated heterocycles. The van der Waals surface area contributed by atoms with Gasteiger partial charge in [0.25, 0.3) is 5.91 Å². The molecule has 0 bridgehead atoms. The molecule has 7 aromatic rings. The van der Waals surface area contributed by atoms with Crippen molar-refractivity contribution in [3.05, 3.63) is 182 Å². The maximum Gasteiger partial charge on any atom is 0.320 e. The van der Waals surface area contributed by atoms with Gasteiger partial charge in [-0.05, 0) is 135 Å². The molecule has 0 atom stereocenters. The van der Waals surface area contributed by atoms with Gasteiger partial charge in [-0.15, -0.1) is 5.10 Å². The highest BCUT2D eigenvalue weighted by Gasteiger charge is 2.12. The number of anilines is 5. The lowest BCUT2D eigenvalue weighted by Crippen LogP contribution is -2.43. The van der Waals surface area contributed by atoms with Gasteiger partial charge in [-0.2, -0.15) is 0 Å². The first-order valence-corrected chi connectivity index (χ1v) is 23.2. The van der Waals surface area contributed by atoms with E-state index in [9.17, 15) is 14.4 Å². The predicted molar refractivity (Wildman–Crippen MR) is 278 cm³/mol. The molecular formula is C50H48Cl4N8O5S. The molecule has 8 N–H and O–H groups in total. The SMILES string of the molecule is Nc1cccc(C(=O)NNC(=S)Nc2ccc(Cl)c(Cl)c2)c1.O=C(CCCCc1ccccc1)Nc1cccc(-c2nnc(Nc3ccc(Cl)c(Cl)c3)o2)c1.O=C(O)CCCCc1ccccc1. The van der Waals surface area contributed by atoms with Crippen molar-refractivity contribution in [2.24, 2.45) is 0 Å². The molecule has 7 rings (SSSR count). The molecule has 18 heteroatoms. The van der Waals surface area contributed by atoms with Crippen molar-refractivity contribution in [1.29, 1.82) is 0 Å². The van der Waals surface area contributed by atoms with Gasteiger partial charge < -0.3 is 31.2 Å². The van der Waals surface area contributed by atoms with Crippen LogP contribution < -0.4 is 32.5 Å². The maximum absolute atomic E-state index is 12.3. The highest BCUT2D eigenvalue weighted by molar-refractivity contribution is 7.80. The van der Waals surface area contributed by atoms with E-state index in [1.807, 2.05) is 54.6 Å². The number of hydrazine groups is 1. The third-order valence-corrected chi connectivity index (χ3v) is 11.2. The van der Waals surface area contributed by atoms with Crippen LogP contribution in [0, 0.1) is 0 Å². The van der Waals surface area contributed by atoms with E-state index in [0.717, 1.165) is 38.5 Å².